The van der Waals surface area contributed by atoms with E-state index < -0.39 is 0 Å². The van der Waals surface area contributed by atoms with Crippen molar-refractivity contribution in [3.8, 4) is 5.75 Å². The number of rotatable bonds is 8. The normalized spacial score (nSPS) is 26.0. The van der Waals surface area contributed by atoms with Gasteiger partial charge in [0.1, 0.15) is 5.75 Å². The van der Waals surface area contributed by atoms with E-state index in [0.717, 1.165) is 43.7 Å². The predicted molar refractivity (Wildman–Crippen MR) is 148 cm³/mol. The monoisotopic (exact) mass is 508 g/mol. The lowest BCUT2D eigenvalue weighted by atomic mass is 9.57. The van der Waals surface area contributed by atoms with E-state index in [2.05, 4.69) is 48.4 Å². The van der Waals surface area contributed by atoms with Crippen LogP contribution in [0.4, 0.5) is 5.69 Å². The first-order valence-corrected chi connectivity index (χ1v) is 14.8. The number of thiazole rings is 1. The molecule has 2 aliphatic carbocycles. The smallest absolute Gasteiger partial charge is 0.225 e. The van der Waals surface area contributed by atoms with Crippen LogP contribution in [0, 0.1) is 17.8 Å². The highest BCUT2D eigenvalue weighted by Crippen LogP contribution is 2.51. The Bertz CT molecular complexity index is 1160. The molecule has 0 aliphatic heterocycles. The summed E-state index contributed by atoms with van der Waals surface area (Å²) in [7, 11) is 0. The Morgan fingerprint density at radius 2 is 1.89 bits per heavy atom. The van der Waals surface area contributed by atoms with Crippen LogP contribution in [0.1, 0.15) is 64.9 Å². The summed E-state index contributed by atoms with van der Waals surface area (Å²) < 4.78 is 7.69. The molecule has 4 nitrogen and oxygen atoms in total. The van der Waals surface area contributed by atoms with Crippen molar-refractivity contribution in [2.24, 2.45) is 17.8 Å². The lowest BCUT2D eigenvalue weighted by molar-refractivity contribution is -0.115. The van der Waals surface area contributed by atoms with E-state index >= 15 is 0 Å². The first-order chi connectivity index (χ1) is 16.9. The summed E-state index contributed by atoms with van der Waals surface area (Å²) in [5.74, 6) is 4.28. The second-order valence-corrected chi connectivity index (χ2v) is 13.2. The first kappa shape index (κ1) is 24.6. The van der Waals surface area contributed by atoms with Gasteiger partial charge in [-0.15, -0.1) is 11.3 Å². The van der Waals surface area contributed by atoms with Crippen molar-refractivity contribution >= 4 is 44.9 Å². The molecule has 0 radical (unpaired) electrons. The number of anilines is 1. The highest BCUT2D eigenvalue weighted by atomic mass is 32.2. The van der Waals surface area contributed by atoms with Crippen molar-refractivity contribution in [1.29, 1.82) is 0 Å². The van der Waals surface area contributed by atoms with E-state index in [1.807, 2.05) is 25.1 Å². The third kappa shape index (κ3) is 5.86. The molecule has 0 spiro atoms. The van der Waals surface area contributed by atoms with Crippen LogP contribution in [0.5, 0.6) is 5.75 Å². The Kier molecular flexibility index (Phi) is 7.40. The minimum atomic E-state index is 0.0531. The van der Waals surface area contributed by atoms with Crippen LogP contribution in [-0.2, 0) is 10.2 Å². The van der Waals surface area contributed by atoms with E-state index in [4.69, 9.17) is 4.74 Å². The third-order valence-electron chi connectivity index (χ3n) is 7.69. The van der Waals surface area contributed by atoms with E-state index in [0.29, 0.717) is 18.8 Å². The molecule has 2 atom stereocenters. The molecule has 2 fully saturated rings. The number of aromatic nitrogens is 1. The zero-order valence-corrected chi connectivity index (χ0v) is 22.6. The van der Waals surface area contributed by atoms with Crippen molar-refractivity contribution in [3.63, 3.8) is 0 Å². The van der Waals surface area contributed by atoms with E-state index in [9.17, 15) is 4.79 Å². The molecule has 1 amide bonds. The summed E-state index contributed by atoms with van der Waals surface area (Å²) in [6.45, 7) is 7.52. The van der Waals surface area contributed by atoms with Crippen molar-refractivity contribution in [2.45, 2.75) is 69.1 Å². The number of ether oxygens (including phenoxy) is 1. The number of hydrogen-bond acceptors (Lipinski definition) is 5. The van der Waals surface area contributed by atoms with Crippen molar-refractivity contribution < 1.29 is 9.53 Å². The molecule has 1 heterocycles. The molecule has 3 aromatic rings. The summed E-state index contributed by atoms with van der Waals surface area (Å²) >= 11 is 3.29. The van der Waals surface area contributed by atoms with Gasteiger partial charge < -0.3 is 10.1 Å². The van der Waals surface area contributed by atoms with Gasteiger partial charge in [-0.05, 0) is 98.1 Å². The molecule has 35 heavy (non-hydrogen) atoms. The number of carbonyl (C=O) groups excluding carboxylic acids is 1. The Morgan fingerprint density at radius 1 is 1.14 bits per heavy atom. The zero-order chi connectivity index (χ0) is 24.4. The molecule has 0 saturated heterocycles. The summed E-state index contributed by atoms with van der Waals surface area (Å²) in [6.07, 6.45) is 7.28. The van der Waals surface area contributed by atoms with Gasteiger partial charge in [0.15, 0.2) is 4.34 Å². The quantitative estimate of drug-likeness (QED) is 0.314. The number of nitrogens with zero attached hydrogens (tertiary/aromatic N) is 1. The van der Waals surface area contributed by atoms with Gasteiger partial charge in [0.25, 0.3) is 0 Å². The van der Waals surface area contributed by atoms with Crippen LogP contribution >= 0.6 is 23.1 Å². The summed E-state index contributed by atoms with van der Waals surface area (Å²) in [5, 5.41) is 3.08. The van der Waals surface area contributed by atoms with E-state index in [-0.39, 0.29) is 11.3 Å². The van der Waals surface area contributed by atoms with Gasteiger partial charge in [-0.25, -0.2) is 4.98 Å². The maximum Gasteiger partial charge on any atom is 0.225 e. The maximum absolute atomic E-state index is 12.5. The van der Waals surface area contributed by atoms with Crippen LogP contribution in [0.25, 0.3) is 10.2 Å². The average molecular weight is 509 g/mol. The van der Waals surface area contributed by atoms with Crippen LogP contribution < -0.4 is 10.1 Å². The molecular weight excluding hydrogens is 472 g/mol. The molecule has 2 unspecified atom stereocenters. The van der Waals surface area contributed by atoms with Crippen molar-refractivity contribution in [2.75, 3.05) is 17.7 Å². The summed E-state index contributed by atoms with van der Waals surface area (Å²) in [4.78, 5) is 17.2. The number of amides is 1. The fourth-order valence-corrected chi connectivity index (χ4v) is 8.54. The molecule has 2 saturated carbocycles. The van der Waals surface area contributed by atoms with Gasteiger partial charge in [0.05, 0.1) is 16.8 Å². The Balaban J connectivity index is 1.12. The predicted octanol–water partition coefficient (Wildman–Crippen LogP) is 7.92. The molecule has 2 aromatic carbocycles. The van der Waals surface area contributed by atoms with Gasteiger partial charge in [-0.2, -0.15) is 0 Å². The van der Waals surface area contributed by atoms with Gasteiger partial charge >= 0.3 is 0 Å². The first-order valence-electron chi connectivity index (χ1n) is 13.0. The Hall–Kier alpha value is -2.05. The van der Waals surface area contributed by atoms with Crippen LogP contribution in [0.2, 0.25) is 0 Å². The van der Waals surface area contributed by atoms with Gasteiger partial charge in [0.2, 0.25) is 5.91 Å². The SMILES string of the molecule is CCOc1ccc2nc(SCCC(=O)Nc3ccc(C4(C)CC5CC(C)CC(C5)C4)cc3)sc2c1. The van der Waals surface area contributed by atoms with Gasteiger partial charge in [-0.1, -0.05) is 37.7 Å². The molecule has 1 N–H and O–H groups in total. The van der Waals surface area contributed by atoms with Crippen LogP contribution in [-0.4, -0.2) is 23.3 Å². The molecular formula is C29H36N2O2S2. The lowest BCUT2D eigenvalue weighted by Gasteiger charge is -2.47. The minimum absolute atomic E-state index is 0.0531. The number of nitrogens with one attached hydrogen (secondary N) is 1. The standard InChI is InChI=1S/C29H36N2O2S2/c1-4-33-24-9-10-25-26(16-24)35-28(31-25)34-12-11-27(32)30-23-7-5-22(6-8-23)29(3)17-20-13-19(2)14-21(15-20)18-29/h5-10,16,19-21H,4,11-15,17-18H2,1-3H3,(H,30,32). The maximum atomic E-state index is 12.5. The lowest BCUT2D eigenvalue weighted by Crippen LogP contribution is -2.38. The Labute approximate surface area is 217 Å². The molecule has 2 bridgehead atoms. The highest BCUT2D eigenvalue weighted by molar-refractivity contribution is 8.01. The van der Waals surface area contributed by atoms with Gasteiger partial charge in [-0.3, -0.25) is 4.79 Å². The summed E-state index contributed by atoms with van der Waals surface area (Å²) in [5.41, 5.74) is 3.57. The fraction of sp³-hybridized carbons (Fsp3) is 0.517. The second-order valence-electron chi connectivity index (χ2n) is 10.8. The number of fused-ring (bicyclic) bond motifs is 3. The van der Waals surface area contributed by atoms with Crippen molar-refractivity contribution in [1.82, 2.24) is 4.98 Å². The van der Waals surface area contributed by atoms with Crippen LogP contribution in [0.15, 0.2) is 46.8 Å². The Morgan fingerprint density at radius 3 is 2.60 bits per heavy atom. The number of benzene rings is 2. The molecule has 6 heteroatoms. The minimum Gasteiger partial charge on any atom is -0.494 e. The summed E-state index contributed by atoms with van der Waals surface area (Å²) in [6, 6.07) is 14.7. The molecule has 1 aromatic heterocycles. The number of hydrogen-bond donors (Lipinski definition) is 1. The largest absolute Gasteiger partial charge is 0.494 e. The molecule has 2 aliphatic rings. The van der Waals surface area contributed by atoms with E-state index in [1.54, 1.807) is 23.1 Å². The number of carbonyl (C=O) groups is 1. The second kappa shape index (κ2) is 10.5. The third-order valence-corrected chi connectivity index (χ3v) is 9.85. The van der Waals surface area contributed by atoms with Crippen LogP contribution in [0.3, 0.4) is 0 Å². The molecule has 186 valence electrons. The fourth-order valence-electron chi connectivity index (χ4n) is 6.44. The molecule has 5 rings (SSSR count). The van der Waals surface area contributed by atoms with Gasteiger partial charge in [0, 0.05) is 17.9 Å². The van der Waals surface area contributed by atoms with E-state index in [1.165, 1.54) is 37.7 Å². The zero-order valence-electron chi connectivity index (χ0n) is 21.0. The highest BCUT2D eigenvalue weighted by Gasteiger charge is 2.41. The van der Waals surface area contributed by atoms with Crippen molar-refractivity contribution in [3.05, 3.63) is 48.0 Å². The average Bonchev–Trinajstić information content (AvgIpc) is 3.21. The topological polar surface area (TPSA) is 51.2 Å². The number of thioether (sulfide) groups is 1.